The number of nitrogens with zero attached hydrogens (tertiary/aromatic N) is 5. The van der Waals surface area contributed by atoms with Crippen molar-refractivity contribution < 1.29 is 19.0 Å². The number of piperazine rings is 1. The van der Waals surface area contributed by atoms with Crippen LogP contribution in [0.3, 0.4) is 0 Å². The molecule has 10 nitrogen and oxygen atoms in total. The number of pyridine rings is 1. The first-order chi connectivity index (χ1) is 21.2. The highest BCUT2D eigenvalue weighted by Crippen LogP contribution is 2.41. The van der Waals surface area contributed by atoms with Crippen LogP contribution in [0.1, 0.15) is 30.2 Å². The van der Waals surface area contributed by atoms with Gasteiger partial charge in [0.1, 0.15) is 12.0 Å². The number of likely N-dealkylation sites (N-methyl/N-ethyl adjacent to an activating group) is 1. The van der Waals surface area contributed by atoms with Crippen LogP contribution in [0.5, 0.6) is 5.75 Å². The molecular formula is C32H40FN7O3S. The highest BCUT2D eigenvalue weighted by atomic mass is 32.1. The van der Waals surface area contributed by atoms with Crippen LogP contribution < -0.4 is 15.4 Å². The van der Waals surface area contributed by atoms with Gasteiger partial charge in [-0.15, -0.1) is 11.3 Å². The molecule has 3 aromatic rings. The summed E-state index contributed by atoms with van der Waals surface area (Å²) in [5, 5.41) is 15.9. The number of thiophene rings is 1. The van der Waals surface area contributed by atoms with E-state index in [0.717, 1.165) is 61.7 Å². The van der Waals surface area contributed by atoms with Crippen LogP contribution in [0.25, 0.3) is 16.3 Å². The van der Waals surface area contributed by atoms with E-state index in [9.17, 15) is 14.3 Å². The number of hydrogen-bond acceptors (Lipinski definition) is 9. The van der Waals surface area contributed by atoms with Crippen molar-refractivity contribution in [2.45, 2.75) is 38.6 Å². The van der Waals surface area contributed by atoms with Crippen LogP contribution in [-0.2, 0) is 6.54 Å². The fraction of sp³-hybridized carbons (Fsp3) is 0.406. The lowest BCUT2D eigenvalue weighted by Gasteiger charge is -2.37. The number of aliphatic hydroxyl groups is 1. The Balaban J connectivity index is 1.21. The monoisotopic (exact) mass is 621 g/mol. The summed E-state index contributed by atoms with van der Waals surface area (Å²) in [5.74, 6) is -0.116. The molecule has 0 spiro atoms. The first-order valence-electron chi connectivity index (χ1n) is 14.8. The summed E-state index contributed by atoms with van der Waals surface area (Å²) in [6, 6.07) is 10.2. The molecule has 2 aromatic heterocycles. The number of urea groups is 1. The predicted octanol–water partition coefficient (Wildman–Crippen LogP) is 5.00. The standard InChI is InChI=1S/C32H40FN7O3S/c1-5-27(43-28-11-9-23(16-24(28)33)37-32(42)36-22-7-8-22)31-26(34-2)17-29(44-31)25-10-6-21(18-35-25)19-39-12-14-40(15-13-39)30(41)20-38(3)4/h5-6,9-11,16-18,22,30,41H,2,7-8,12-15,19-20H2,1,3-4H3,(H2,36,37,42). The largest absolute Gasteiger partial charge is 0.453 e. The minimum Gasteiger partial charge on any atom is -0.453 e. The molecule has 2 amide bonds. The number of anilines is 1. The number of aliphatic hydroxyl groups excluding tert-OH is 1. The Morgan fingerprint density at radius 3 is 2.64 bits per heavy atom. The lowest BCUT2D eigenvalue weighted by atomic mass is 10.2. The first-order valence-corrected chi connectivity index (χ1v) is 15.6. The normalized spacial score (nSPS) is 17.0. The van der Waals surface area contributed by atoms with Gasteiger partial charge in [0.15, 0.2) is 11.6 Å². The predicted molar refractivity (Wildman–Crippen MR) is 174 cm³/mol. The average Bonchev–Trinajstić information content (AvgIpc) is 3.71. The average molecular weight is 622 g/mol. The van der Waals surface area contributed by atoms with Crippen molar-refractivity contribution >= 4 is 41.2 Å². The van der Waals surface area contributed by atoms with Crippen molar-refractivity contribution in [1.29, 1.82) is 0 Å². The minimum absolute atomic E-state index is 0.0340. The summed E-state index contributed by atoms with van der Waals surface area (Å²) in [5.41, 5.74) is 2.88. The number of carbonyl (C=O) groups excluding carboxylic acids is 1. The molecule has 2 aliphatic rings. The number of ether oxygens (including phenoxy) is 1. The Kier molecular flexibility index (Phi) is 10.4. The second-order valence-electron chi connectivity index (χ2n) is 11.4. The zero-order valence-electron chi connectivity index (χ0n) is 25.4. The molecule has 1 unspecified atom stereocenters. The second-order valence-corrected chi connectivity index (χ2v) is 12.4. The van der Waals surface area contributed by atoms with Crippen molar-refractivity contribution in [3.63, 3.8) is 0 Å². The number of hydrogen-bond donors (Lipinski definition) is 3. The van der Waals surface area contributed by atoms with Crippen molar-refractivity contribution in [3.05, 3.63) is 64.9 Å². The second kappa shape index (κ2) is 14.4. The van der Waals surface area contributed by atoms with Crippen LogP contribution >= 0.6 is 11.3 Å². The molecule has 12 heteroatoms. The van der Waals surface area contributed by atoms with E-state index < -0.39 is 12.0 Å². The van der Waals surface area contributed by atoms with Gasteiger partial charge in [0.25, 0.3) is 0 Å². The Bertz CT molecular complexity index is 1480. The summed E-state index contributed by atoms with van der Waals surface area (Å²) in [6.45, 7) is 10.4. The number of nitrogens with one attached hydrogen (secondary N) is 2. The van der Waals surface area contributed by atoms with Crippen LogP contribution in [0, 0.1) is 5.82 Å². The van der Waals surface area contributed by atoms with Gasteiger partial charge < -0.3 is 25.4 Å². The van der Waals surface area contributed by atoms with Gasteiger partial charge in [-0.1, -0.05) is 6.07 Å². The van der Waals surface area contributed by atoms with Crippen molar-refractivity contribution in [2.24, 2.45) is 4.99 Å². The molecule has 1 saturated heterocycles. The summed E-state index contributed by atoms with van der Waals surface area (Å²) in [4.78, 5) is 29.0. The van der Waals surface area contributed by atoms with Gasteiger partial charge >= 0.3 is 6.03 Å². The Morgan fingerprint density at radius 2 is 2.02 bits per heavy atom. The van der Waals surface area contributed by atoms with Gasteiger partial charge in [0.2, 0.25) is 0 Å². The van der Waals surface area contributed by atoms with Crippen molar-refractivity contribution in [3.8, 4) is 16.3 Å². The molecule has 2 fully saturated rings. The van der Waals surface area contributed by atoms with E-state index in [0.29, 0.717) is 28.6 Å². The first kappa shape index (κ1) is 31.7. The van der Waals surface area contributed by atoms with E-state index in [-0.39, 0.29) is 17.8 Å². The van der Waals surface area contributed by atoms with Crippen molar-refractivity contribution in [1.82, 2.24) is 25.0 Å². The molecule has 1 aliphatic heterocycles. The maximum Gasteiger partial charge on any atom is 0.319 e. The molecule has 1 atom stereocenters. The number of carbonyl (C=O) groups is 1. The fourth-order valence-electron chi connectivity index (χ4n) is 4.98. The van der Waals surface area contributed by atoms with E-state index in [4.69, 9.17) is 9.72 Å². The van der Waals surface area contributed by atoms with Crippen LogP contribution in [0.15, 0.2) is 53.7 Å². The number of benzene rings is 1. The zero-order valence-corrected chi connectivity index (χ0v) is 26.2. The lowest BCUT2D eigenvalue weighted by molar-refractivity contribution is -0.0383. The number of aliphatic imine (C=N–C) groups is 1. The van der Waals surface area contributed by atoms with Crippen LogP contribution in [-0.4, -0.2) is 96.6 Å². The highest BCUT2D eigenvalue weighted by Gasteiger charge is 2.24. The smallest absolute Gasteiger partial charge is 0.319 e. The SMILES string of the molecule is C=Nc1cc(-c2ccc(CN3CCN(C(O)CN(C)C)CC3)cn2)sc1C(=CC)Oc1ccc(NC(=O)NC2CC2)cc1F. The molecule has 5 rings (SSSR count). The Morgan fingerprint density at radius 1 is 1.25 bits per heavy atom. The van der Waals surface area contributed by atoms with Gasteiger partial charge in [-0.3, -0.25) is 19.8 Å². The molecule has 0 radical (unpaired) electrons. The summed E-state index contributed by atoms with van der Waals surface area (Å²) < 4.78 is 20.9. The number of amides is 2. The lowest BCUT2D eigenvalue weighted by Crippen LogP contribution is -2.52. The summed E-state index contributed by atoms with van der Waals surface area (Å²) in [6.07, 6.45) is 5.15. The quantitative estimate of drug-likeness (QED) is 0.193. The molecule has 1 aliphatic carbocycles. The minimum atomic E-state index is -0.595. The number of aromatic nitrogens is 1. The van der Waals surface area contributed by atoms with Crippen molar-refractivity contribution in [2.75, 3.05) is 52.1 Å². The molecule has 1 aromatic carbocycles. The molecule has 44 heavy (non-hydrogen) atoms. The van der Waals surface area contributed by atoms with E-state index in [1.165, 1.54) is 23.5 Å². The van der Waals surface area contributed by atoms with Crippen LogP contribution in [0.2, 0.25) is 0 Å². The van der Waals surface area contributed by atoms with Gasteiger partial charge in [-0.2, -0.15) is 0 Å². The maximum absolute atomic E-state index is 15.0. The highest BCUT2D eigenvalue weighted by molar-refractivity contribution is 7.17. The van der Waals surface area contributed by atoms with E-state index in [2.05, 4.69) is 38.2 Å². The molecule has 3 N–H and O–H groups in total. The van der Waals surface area contributed by atoms with Crippen LogP contribution in [0.4, 0.5) is 20.6 Å². The third-order valence-corrected chi connectivity index (χ3v) is 8.69. The van der Waals surface area contributed by atoms with E-state index in [1.54, 1.807) is 12.1 Å². The molecule has 1 saturated carbocycles. The van der Waals surface area contributed by atoms with Gasteiger partial charge in [-0.25, -0.2) is 9.18 Å². The van der Waals surface area contributed by atoms with Gasteiger partial charge in [0.05, 0.1) is 21.1 Å². The molecule has 3 heterocycles. The number of halogens is 1. The maximum atomic E-state index is 15.0. The Hall–Kier alpha value is -3.68. The zero-order chi connectivity index (χ0) is 31.2. The topological polar surface area (TPSA) is 106 Å². The third-order valence-electron chi connectivity index (χ3n) is 7.53. The fourth-order valence-corrected chi connectivity index (χ4v) is 6.09. The van der Waals surface area contributed by atoms with E-state index in [1.807, 2.05) is 44.2 Å². The third kappa shape index (κ3) is 8.27. The number of allylic oxidation sites excluding steroid dienone is 1. The van der Waals surface area contributed by atoms with Gasteiger partial charge in [-0.05, 0) is 76.5 Å². The molecule has 0 bridgehead atoms. The summed E-state index contributed by atoms with van der Waals surface area (Å²) >= 11 is 1.45. The van der Waals surface area contributed by atoms with E-state index >= 15 is 0 Å². The number of rotatable bonds is 12. The molecule has 234 valence electrons. The Labute approximate surface area is 261 Å². The molecular weight excluding hydrogens is 581 g/mol. The van der Waals surface area contributed by atoms with Gasteiger partial charge in [0, 0.05) is 63.3 Å². The summed E-state index contributed by atoms with van der Waals surface area (Å²) in [7, 11) is 3.93.